The number of thiazole rings is 3. The lowest BCUT2D eigenvalue weighted by Crippen LogP contribution is -2.20. The Balaban J connectivity index is 0.000000202. The van der Waals surface area contributed by atoms with Crippen LogP contribution in [-0.2, 0) is 35.8 Å². The normalized spacial score (nSPS) is 12.3. The molecule has 27 heteroatoms. The van der Waals surface area contributed by atoms with Crippen LogP contribution in [0, 0.1) is 0 Å². The van der Waals surface area contributed by atoms with Crippen LogP contribution in [0.3, 0.4) is 0 Å². The van der Waals surface area contributed by atoms with Gasteiger partial charge in [-0.15, -0.1) is 34.0 Å². The molecule has 0 fully saturated rings. The Morgan fingerprint density at radius 2 is 0.984 bits per heavy atom. The molecule has 61 heavy (non-hydrogen) atoms. The third-order valence-corrected chi connectivity index (χ3v) is 15.6. The Morgan fingerprint density at radius 3 is 1.33 bits per heavy atom. The van der Waals surface area contributed by atoms with Crippen molar-refractivity contribution in [3.05, 3.63) is 133 Å². The van der Waals surface area contributed by atoms with Crippen molar-refractivity contribution in [1.82, 2.24) is 19.9 Å². The van der Waals surface area contributed by atoms with Crippen LogP contribution in [0.1, 0.15) is 72.5 Å². The van der Waals surface area contributed by atoms with E-state index in [0.29, 0.717) is 26.7 Å². The number of benzene rings is 2. The maximum absolute atomic E-state index is 12.3. The molecule has 2 unspecified atom stereocenters. The fourth-order valence-electron chi connectivity index (χ4n) is 4.67. The van der Waals surface area contributed by atoms with E-state index in [1.54, 1.807) is 60.7 Å². The van der Waals surface area contributed by atoms with Gasteiger partial charge in [0.05, 0.1) is 22.3 Å². The van der Waals surface area contributed by atoms with Gasteiger partial charge in [0.25, 0.3) is 0 Å². The molecule has 0 aliphatic carbocycles. The van der Waals surface area contributed by atoms with Crippen LogP contribution >= 0.6 is 57.2 Å². The SMILES string of the molecule is CC(c1ccccc1Cl)S(=O)(=O)Nc1scnc1C(=O)O.CC(c1ccccc1Cl)S(=O)(=O)Nc1scnc1C(=O)O.O=C(O)c1ncsc1NS(=O)(=O)Cc1cccnc1. The van der Waals surface area contributed by atoms with Crippen LogP contribution in [0.4, 0.5) is 15.0 Å². The zero-order chi connectivity index (χ0) is 45.1. The summed E-state index contributed by atoms with van der Waals surface area (Å²) in [6.45, 7) is 2.95. The van der Waals surface area contributed by atoms with Crippen LogP contribution in [0.5, 0.6) is 0 Å². The maximum Gasteiger partial charge on any atom is 0.357 e. The summed E-state index contributed by atoms with van der Waals surface area (Å²) in [5, 5.41) is 25.5. The van der Waals surface area contributed by atoms with Crippen LogP contribution in [0.2, 0.25) is 10.0 Å². The highest BCUT2D eigenvalue weighted by Crippen LogP contribution is 2.33. The summed E-state index contributed by atoms with van der Waals surface area (Å²) in [4.78, 5) is 47.4. The zero-order valence-electron chi connectivity index (χ0n) is 31.0. The molecule has 0 spiro atoms. The first-order valence-corrected chi connectivity index (χ1v) is 24.7. The van der Waals surface area contributed by atoms with Gasteiger partial charge in [-0.05, 0) is 48.7 Å². The van der Waals surface area contributed by atoms with Gasteiger partial charge >= 0.3 is 17.9 Å². The molecule has 6 aromatic rings. The lowest BCUT2D eigenvalue weighted by atomic mass is 10.2. The minimum atomic E-state index is -3.84. The molecule has 4 aromatic heterocycles. The van der Waals surface area contributed by atoms with Gasteiger partial charge in [0.2, 0.25) is 30.1 Å². The summed E-state index contributed by atoms with van der Waals surface area (Å²) < 4.78 is 79.9. The Hall–Kier alpha value is -5.28. The highest BCUT2D eigenvalue weighted by molar-refractivity contribution is 7.93. The predicted octanol–water partition coefficient (Wildman–Crippen LogP) is 7.17. The molecule has 0 saturated carbocycles. The molecule has 324 valence electrons. The minimum Gasteiger partial charge on any atom is -0.476 e. The van der Waals surface area contributed by atoms with Crippen LogP contribution in [-0.4, -0.2) is 78.4 Å². The van der Waals surface area contributed by atoms with Crippen molar-refractivity contribution in [3.8, 4) is 0 Å². The molecule has 0 aliphatic rings. The first kappa shape index (κ1) is 48.4. The summed E-state index contributed by atoms with van der Waals surface area (Å²) >= 11 is 14.7. The van der Waals surface area contributed by atoms with E-state index in [-0.39, 0.29) is 37.8 Å². The molecule has 0 amide bonds. The molecule has 0 aliphatic heterocycles. The molecule has 2 atom stereocenters. The smallest absolute Gasteiger partial charge is 0.357 e. The number of aromatic nitrogens is 4. The van der Waals surface area contributed by atoms with Gasteiger partial charge in [0, 0.05) is 22.4 Å². The minimum absolute atomic E-state index is 0.00334. The molecular formula is C34H31Cl2N7O12S6. The van der Waals surface area contributed by atoms with Gasteiger partial charge in [-0.2, -0.15) is 0 Å². The van der Waals surface area contributed by atoms with Gasteiger partial charge < -0.3 is 15.3 Å². The summed E-state index contributed by atoms with van der Waals surface area (Å²) in [7, 11) is -11.4. The number of sulfonamides is 3. The first-order valence-electron chi connectivity index (χ1n) is 16.5. The summed E-state index contributed by atoms with van der Waals surface area (Å²) in [5.41, 5.74) is 4.23. The van der Waals surface area contributed by atoms with Gasteiger partial charge in [0.15, 0.2) is 17.1 Å². The maximum atomic E-state index is 12.3. The van der Waals surface area contributed by atoms with E-state index < -0.39 is 58.5 Å². The van der Waals surface area contributed by atoms with Crippen molar-refractivity contribution in [2.45, 2.75) is 30.1 Å². The van der Waals surface area contributed by atoms with Crippen molar-refractivity contribution in [2.24, 2.45) is 0 Å². The highest BCUT2D eigenvalue weighted by Gasteiger charge is 2.29. The third-order valence-electron chi connectivity index (χ3n) is 7.72. The molecule has 4 heterocycles. The van der Waals surface area contributed by atoms with E-state index >= 15 is 0 Å². The number of carboxylic acids is 3. The average molecular weight is 993 g/mol. The van der Waals surface area contributed by atoms with E-state index in [2.05, 4.69) is 34.1 Å². The van der Waals surface area contributed by atoms with Crippen molar-refractivity contribution in [3.63, 3.8) is 0 Å². The number of anilines is 3. The number of nitrogens with zero attached hydrogens (tertiary/aromatic N) is 4. The Kier molecular flexibility index (Phi) is 16.7. The standard InChI is InChI=1S/2C12H11ClN2O4S2.C10H9N3O4S2/c2*1-7(8-4-2-3-5-9(8)13)21(18,19)15-11-10(12(16)17)14-6-20-11;14-10(15)8-9(18-6-12-8)13-19(16,17)5-7-2-1-3-11-4-7/h2*2-7,15H,1H3,(H,16,17);1-4,6,13H,5H2,(H,14,15). The molecule has 0 bridgehead atoms. The third kappa shape index (κ3) is 13.4. The van der Waals surface area contributed by atoms with E-state index in [4.69, 9.17) is 38.5 Å². The van der Waals surface area contributed by atoms with Crippen molar-refractivity contribution < 1.29 is 55.0 Å². The van der Waals surface area contributed by atoms with Crippen LogP contribution in [0.15, 0.2) is 89.6 Å². The van der Waals surface area contributed by atoms with Gasteiger partial charge in [-0.3, -0.25) is 19.2 Å². The Morgan fingerprint density at radius 1 is 0.607 bits per heavy atom. The number of carboxylic acid groups (broad SMARTS) is 3. The quantitative estimate of drug-likeness (QED) is 0.0594. The monoisotopic (exact) mass is 991 g/mol. The van der Waals surface area contributed by atoms with E-state index in [1.807, 2.05) is 0 Å². The number of halogens is 2. The fraction of sp³-hybridized carbons (Fsp3) is 0.147. The van der Waals surface area contributed by atoms with Crippen LogP contribution < -0.4 is 14.2 Å². The van der Waals surface area contributed by atoms with Crippen molar-refractivity contribution >= 4 is 120 Å². The summed E-state index contributed by atoms with van der Waals surface area (Å²) in [5.74, 6) is -4.14. The zero-order valence-corrected chi connectivity index (χ0v) is 37.4. The molecule has 0 radical (unpaired) electrons. The van der Waals surface area contributed by atoms with Crippen molar-refractivity contribution in [1.29, 1.82) is 0 Å². The predicted molar refractivity (Wildman–Crippen MR) is 233 cm³/mol. The number of nitrogens with one attached hydrogen (secondary N) is 3. The van der Waals surface area contributed by atoms with Gasteiger partial charge in [-0.1, -0.05) is 65.7 Å². The lowest BCUT2D eigenvalue weighted by molar-refractivity contribution is 0.0681. The number of aromatic carboxylic acids is 3. The second-order valence-corrected chi connectivity index (χ2v) is 21.0. The van der Waals surface area contributed by atoms with Gasteiger partial charge in [0.1, 0.15) is 25.5 Å². The number of pyridine rings is 1. The van der Waals surface area contributed by atoms with Gasteiger partial charge in [-0.25, -0.2) is 54.6 Å². The molecular weight excluding hydrogens is 962 g/mol. The van der Waals surface area contributed by atoms with Crippen LogP contribution in [0.25, 0.3) is 0 Å². The number of rotatable bonds is 15. The summed E-state index contributed by atoms with van der Waals surface area (Å²) in [6.07, 6.45) is 2.97. The number of hydrogen-bond donors (Lipinski definition) is 6. The molecule has 6 rings (SSSR count). The second kappa shape index (κ2) is 21.0. The average Bonchev–Trinajstić information content (AvgIpc) is 3.97. The van der Waals surface area contributed by atoms with E-state index in [1.165, 1.54) is 42.8 Å². The lowest BCUT2D eigenvalue weighted by Gasteiger charge is -2.15. The molecule has 6 N–H and O–H groups in total. The van der Waals surface area contributed by atoms with E-state index in [0.717, 1.165) is 34.0 Å². The highest BCUT2D eigenvalue weighted by atomic mass is 35.5. The molecule has 0 saturated heterocycles. The number of carbonyl (C=O) groups is 3. The van der Waals surface area contributed by atoms with Crippen molar-refractivity contribution in [2.75, 3.05) is 14.2 Å². The molecule has 2 aromatic carbocycles. The fourth-order valence-corrected chi connectivity index (χ4v) is 11.8. The Labute approximate surface area is 370 Å². The topological polar surface area (TPSA) is 302 Å². The Bertz CT molecular complexity index is 2710. The number of hydrogen-bond acceptors (Lipinski definition) is 16. The van der Waals surface area contributed by atoms with E-state index in [9.17, 15) is 39.6 Å². The largest absolute Gasteiger partial charge is 0.476 e. The molecule has 19 nitrogen and oxygen atoms in total. The summed E-state index contributed by atoms with van der Waals surface area (Å²) in [6, 6.07) is 16.4. The first-order chi connectivity index (χ1) is 28.6. The second-order valence-electron chi connectivity index (χ2n) is 11.8.